The first-order valence-electron chi connectivity index (χ1n) is 10.5. The lowest BCUT2D eigenvalue weighted by molar-refractivity contribution is -0.137. The quantitative estimate of drug-likeness (QED) is 0.188. The highest BCUT2D eigenvalue weighted by molar-refractivity contribution is 6.01. The molecule has 3 aromatic rings. The van der Waals surface area contributed by atoms with Gasteiger partial charge in [0.1, 0.15) is 11.6 Å². The predicted molar refractivity (Wildman–Crippen MR) is 117 cm³/mol. The summed E-state index contributed by atoms with van der Waals surface area (Å²) in [5, 5.41) is 4.55. The van der Waals surface area contributed by atoms with Crippen LogP contribution in [0.3, 0.4) is 0 Å². The molecule has 0 spiro atoms. The van der Waals surface area contributed by atoms with Crippen LogP contribution in [-0.4, -0.2) is 18.4 Å². The first kappa shape index (κ1) is 23.7. The number of carbonyl (C=O) groups is 1. The van der Waals surface area contributed by atoms with Crippen molar-refractivity contribution in [2.24, 2.45) is 0 Å². The number of hydrogen-bond acceptors (Lipinski definition) is 1. The van der Waals surface area contributed by atoms with E-state index in [9.17, 15) is 22.4 Å². The molecule has 0 amide bonds. The standard InChI is InChI=1S/C26H24F4NO/c27-23-15-11-21(12-16-23)25(32)24(18-20-9-13-22(14-10-20)26(28,29)30)31-17-5-4-8-19-6-2-1-3-7-19/h1-3,6-7,9-16,24H,4-5,8,17-18H2/q-1. The summed E-state index contributed by atoms with van der Waals surface area (Å²) >= 11 is 0. The Balaban J connectivity index is 1.63. The number of rotatable bonds is 10. The van der Waals surface area contributed by atoms with Crippen LogP contribution in [0.5, 0.6) is 0 Å². The first-order chi connectivity index (χ1) is 15.3. The van der Waals surface area contributed by atoms with E-state index in [1.54, 1.807) is 0 Å². The first-order valence-corrected chi connectivity index (χ1v) is 10.5. The molecule has 0 saturated carbocycles. The summed E-state index contributed by atoms with van der Waals surface area (Å²) in [5.41, 5.74) is 1.42. The van der Waals surface area contributed by atoms with Gasteiger partial charge in [-0.25, -0.2) is 4.39 Å². The molecular weight excluding hydrogens is 418 g/mol. The lowest BCUT2D eigenvalue weighted by atomic mass is 9.96. The van der Waals surface area contributed by atoms with Gasteiger partial charge in [0.25, 0.3) is 0 Å². The van der Waals surface area contributed by atoms with Crippen LogP contribution in [0.1, 0.15) is 39.9 Å². The minimum absolute atomic E-state index is 0.188. The number of carbonyl (C=O) groups excluding carboxylic acids is 1. The van der Waals surface area contributed by atoms with E-state index < -0.39 is 23.6 Å². The van der Waals surface area contributed by atoms with Crippen molar-refractivity contribution in [3.8, 4) is 0 Å². The highest BCUT2D eigenvalue weighted by atomic mass is 19.4. The molecule has 2 nitrogen and oxygen atoms in total. The molecule has 0 radical (unpaired) electrons. The molecule has 6 heteroatoms. The number of hydrogen-bond donors (Lipinski definition) is 0. The van der Waals surface area contributed by atoms with Gasteiger partial charge in [-0.1, -0.05) is 61.3 Å². The molecule has 0 heterocycles. The molecule has 0 saturated heterocycles. The van der Waals surface area contributed by atoms with Crippen molar-refractivity contribution in [2.45, 2.75) is 37.9 Å². The highest BCUT2D eigenvalue weighted by Crippen LogP contribution is 2.29. The van der Waals surface area contributed by atoms with Crippen molar-refractivity contribution in [1.82, 2.24) is 0 Å². The molecule has 0 aliphatic heterocycles. The zero-order valence-electron chi connectivity index (χ0n) is 17.5. The van der Waals surface area contributed by atoms with Crippen molar-refractivity contribution >= 4 is 5.78 Å². The molecule has 0 bridgehead atoms. The maximum atomic E-state index is 13.2. The van der Waals surface area contributed by atoms with E-state index in [1.165, 1.54) is 42.0 Å². The molecule has 1 unspecified atom stereocenters. The second-order valence-corrected chi connectivity index (χ2v) is 7.63. The second kappa shape index (κ2) is 11.0. The predicted octanol–water partition coefficient (Wildman–Crippen LogP) is 7.04. The van der Waals surface area contributed by atoms with E-state index in [2.05, 4.69) is 17.4 Å². The third-order valence-electron chi connectivity index (χ3n) is 5.21. The zero-order valence-corrected chi connectivity index (χ0v) is 17.5. The SMILES string of the molecule is O=C(c1ccc(F)cc1)C(Cc1ccc(C(F)(F)F)cc1)[N-]CCCCc1ccccc1. The largest absolute Gasteiger partial charge is 0.653 e. The van der Waals surface area contributed by atoms with E-state index >= 15 is 0 Å². The Morgan fingerprint density at radius 1 is 0.812 bits per heavy atom. The van der Waals surface area contributed by atoms with Gasteiger partial charge in [0.15, 0.2) is 0 Å². The van der Waals surface area contributed by atoms with Crippen molar-refractivity contribution in [2.75, 3.05) is 6.54 Å². The molecule has 168 valence electrons. The van der Waals surface area contributed by atoms with Crippen LogP contribution >= 0.6 is 0 Å². The number of benzene rings is 3. The summed E-state index contributed by atoms with van der Waals surface area (Å²) < 4.78 is 51.7. The van der Waals surface area contributed by atoms with E-state index in [1.807, 2.05) is 18.2 Å². The van der Waals surface area contributed by atoms with Gasteiger partial charge in [-0.3, -0.25) is 4.79 Å². The Hall–Kier alpha value is -2.99. The van der Waals surface area contributed by atoms with E-state index in [0.29, 0.717) is 17.7 Å². The number of alkyl halides is 3. The van der Waals surface area contributed by atoms with Gasteiger partial charge < -0.3 is 5.32 Å². The lowest BCUT2D eigenvalue weighted by Crippen LogP contribution is -2.24. The van der Waals surface area contributed by atoms with Gasteiger partial charge in [-0.15, -0.1) is 6.54 Å². The number of halogens is 4. The molecular formula is C26H24F4NO-. The van der Waals surface area contributed by atoms with Crippen LogP contribution in [-0.2, 0) is 19.0 Å². The number of ketones is 1. The molecule has 0 aliphatic carbocycles. The Morgan fingerprint density at radius 3 is 2.09 bits per heavy atom. The summed E-state index contributed by atoms with van der Waals surface area (Å²) in [6.45, 7) is 0.463. The smallest absolute Gasteiger partial charge is 0.416 e. The Kier molecular flexibility index (Phi) is 8.17. The summed E-state index contributed by atoms with van der Waals surface area (Å²) in [6.07, 6.45) is -1.62. The van der Waals surface area contributed by atoms with Crippen LogP contribution in [0.25, 0.3) is 5.32 Å². The van der Waals surface area contributed by atoms with Gasteiger partial charge in [0.05, 0.1) is 5.56 Å². The third kappa shape index (κ3) is 7.02. The fraction of sp³-hybridized carbons (Fsp3) is 0.269. The van der Waals surface area contributed by atoms with Crippen molar-refractivity contribution < 1.29 is 22.4 Å². The Labute approximate surface area is 185 Å². The topological polar surface area (TPSA) is 31.2 Å². The molecule has 32 heavy (non-hydrogen) atoms. The molecule has 1 atom stereocenters. The van der Waals surface area contributed by atoms with Crippen LogP contribution in [0.15, 0.2) is 78.9 Å². The number of Topliss-reactive ketones (excluding diaryl/α,β-unsaturated/α-hetero) is 1. The molecule has 0 aromatic heterocycles. The summed E-state index contributed by atoms with van der Waals surface area (Å²) in [4.78, 5) is 13.0. The number of nitrogens with zero attached hydrogens (tertiary/aromatic N) is 1. The lowest BCUT2D eigenvalue weighted by Gasteiger charge is -2.31. The minimum atomic E-state index is -4.41. The summed E-state index contributed by atoms with van der Waals surface area (Å²) in [7, 11) is 0. The van der Waals surface area contributed by atoms with Crippen LogP contribution in [0.4, 0.5) is 17.6 Å². The van der Waals surface area contributed by atoms with Crippen molar-refractivity contribution in [1.29, 1.82) is 0 Å². The van der Waals surface area contributed by atoms with Gasteiger partial charge >= 0.3 is 6.18 Å². The normalized spacial score (nSPS) is 12.5. The number of aryl methyl sites for hydroxylation is 1. The summed E-state index contributed by atoms with van der Waals surface area (Å²) in [6, 6.07) is 19.3. The average molecular weight is 442 g/mol. The Morgan fingerprint density at radius 2 is 1.47 bits per heavy atom. The second-order valence-electron chi connectivity index (χ2n) is 7.63. The van der Waals surface area contributed by atoms with Gasteiger partial charge in [-0.2, -0.15) is 13.2 Å². The zero-order chi connectivity index (χ0) is 23.0. The summed E-state index contributed by atoms with van der Waals surface area (Å²) in [5.74, 6) is -0.716. The average Bonchev–Trinajstić information content (AvgIpc) is 2.78. The Bertz CT molecular complexity index is 983. The third-order valence-corrected chi connectivity index (χ3v) is 5.21. The molecule has 3 rings (SSSR count). The van der Waals surface area contributed by atoms with Crippen molar-refractivity contribution in [3.05, 3.63) is 112 Å². The van der Waals surface area contributed by atoms with Crippen LogP contribution in [0, 0.1) is 5.82 Å². The van der Waals surface area contributed by atoms with Crippen LogP contribution < -0.4 is 0 Å². The monoisotopic (exact) mass is 442 g/mol. The van der Waals surface area contributed by atoms with E-state index in [4.69, 9.17) is 0 Å². The highest BCUT2D eigenvalue weighted by Gasteiger charge is 2.30. The molecule has 0 aliphatic rings. The van der Waals surface area contributed by atoms with E-state index in [0.717, 1.165) is 31.4 Å². The van der Waals surface area contributed by atoms with Gasteiger partial charge in [0, 0.05) is 5.56 Å². The molecule has 3 aromatic carbocycles. The molecule has 0 fully saturated rings. The maximum absolute atomic E-state index is 13.2. The van der Waals surface area contributed by atoms with Gasteiger partial charge in [-0.05, 0) is 60.4 Å². The maximum Gasteiger partial charge on any atom is 0.416 e. The fourth-order valence-corrected chi connectivity index (χ4v) is 3.43. The fourth-order valence-electron chi connectivity index (χ4n) is 3.43. The number of unbranched alkanes of at least 4 members (excludes halogenated alkanes) is 1. The van der Waals surface area contributed by atoms with Gasteiger partial charge in [0.2, 0.25) is 0 Å². The van der Waals surface area contributed by atoms with E-state index in [-0.39, 0.29) is 12.2 Å². The minimum Gasteiger partial charge on any atom is -0.653 e. The van der Waals surface area contributed by atoms with Crippen molar-refractivity contribution in [3.63, 3.8) is 0 Å². The molecule has 0 N–H and O–H groups in total. The van der Waals surface area contributed by atoms with Crippen LogP contribution in [0.2, 0.25) is 0 Å².